The van der Waals surface area contributed by atoms with Gasteiger partial charge in [-0.3, -0.25) is 4.79 Å². The third-order valence-electron chi connectivity index (χ3n) is 5.95. The van der Waals surface area contributed by atoms with Crippen LogP contribution in [0.5, 0.6) is 5.75 Å². The third kappa shape index (κ3) is 5.14. The Morgan fingerprint density at radius 2 is 1.91 bits per heavy atom. The molecule has 2 aromatic heterocycles. The number of hydrogen-bond acceptors (Lipinski definition) is 7. The Hall–Kier alpha value is -3.59. The molecule has 4 rings (SSSR count). The maximum Gasteiger partial charge on any atom is 0.356 e. The minimum Gasteiger partial charge on any atom is -0.497 e. The quantitative estimate of drug-likeness (QED) is 0.489. The molecular weight excluding hydrogens is 436 g/mol. The summed E-state index contributed by atoms with van der Waals surface area (Å²) in [4.78, 5) is 29.6. The van der Waals surface area contributed by atoms with E-state index in [1.807, 2.05) is 34.9 Å². The number of hydrogen-bond donors (Lipinski definition) is 2. The molecule has 1 aliphatic heterocycles. The first-order valence-electron chi connectivity index (χ1n) is 11.4. The summed E-state index contributed by atoms with van der Waals surface area (Å²) >= 11 is 0. The van der Waals surface area contributed by atoms with Crippen molar-refractivity contribution < 1.29 is 23.8 Å². The Balaban J connectivity index is 1.73. The maximum absolute atomic E-state index is 12.8. The molecule has 0 spiro atoms. The number of nitrogens with zero attached hydrogens (tertiary/aromatic N) is 2. The molecule has 1 aliphatic rings. The summed E-state index contributed by atoms with van der Waals surface area (Å²) < 4.78 is 17.6. The molecule has 2 N–H and O–H groups in total. The second kappa shape index (κ2) is 10.6. The number of methoxy groups -OCH3 is 2. The molecule has 1 aromatic carbocycles. The molecule has 0 aliphatic carbocycles. The SMILES string of the molecule is COC(=O)c1c(NC(C)=O)c2cc(NC3CCOCC3)cnc2n1CCc1ccc(OC)cc1. The van der Waals surface area contributed by atoms with Gasteiger partial charge in [0.05, 0.1) is 31.8 Å². The van der Waals surface area contributed by atoms with Crippen LogP contribution in [0.25, 0.3) is 11.0 Å². The zero-order valence-electron chi connectivity index (χ0n) is 19.7. The first-order chi connectivity index (χ1) is 16.5. The van der Waals surface area contributed by atoms with Gasteiger partial charge in [0.1, 0.15) is 11.4 Å². The smallest absolute Gasteiger partial charge is 0.356 e. The van der Waals surface area contributed by atoms with E-state index in [0.717, 1.165) is 43.1 Å². The first-order valence-corrected chi connectivity index (χ1v) is 11.4. The van der Waals surface area contributed by atoms with Crippen LogP contribution < -0.4 is 15.4 Å². The van der Waals surface area contributed by atoms with Crippen molar-refractivity contribution in [2.75, 3.05) is 38.1 Å². The molecule has 3 aromatic rings. The van der Waals surface area contributed by atoms with Crippen molar-refractivity contribution in [2.45, 2.75) is 38.8 Å². The molecule has 9 nitrogen and oxygen atoms in total. The normalized spacial score (nSPS) is 14.1. The number of nitrogens with one attached hydrogen (secondary N) is 2. The molecular formula is C25H30N4O5. The number of carbonyl (C=O) groups excluding carboxylic acids is 2. The highest BCUT2D eigenvalue weighted by Gasteiger charge is 2.26. The summed E-state index contributed by atoms with van der Waals surface area (Å²) in [6.45, 7) is 3.34. The van der Waals surface area contributed by atoms with Crippen LogP contribution in [0.4, 0.5) is 11.4 Å². The molecule has 180 valence electrons. The number of aromatic nitrogens is 2. The van der Waals surface area contributed by atoms with E-state index < -0.39 is 5.97 Å². The fourth-order valence-electron chi connectivity index (χ4n) is 4.24. The zero-order valence-corrected chi connectivity index (χ0v) is 19.7. The van der Waals surface area contributed by atoms with Crippen molar-refractivity contribution >= 4 is 34.3 Å². The van der Waals surface area contributed by atoms with Gasteiger partial charge in [-0.15, -0.1) is 0 Å². The highest BCUT2D eigenvalue weighted by Crippen LogP contribution is 2.33. The number of benzene rings is 1. The van der Waals surface area contributed by atoms with Gasteiger partial charge < -0.3 is 29.4 Å². The minimum absolute atomic E-state index is 0.275. The molecule has 3 heterocycles. The lowest BCUT2D eigenvalue weighted by Gasteiger charge is -2.24. The van der Waals surface area contributed by atoms with Gasteiger partial charge in [-0.05, 0) is 43.0 Å². The molecule has 1 amide bonds. The highest BCUT2D eigenvalue weighted by molar-refractivity contribution is 6.11. The average molecular weight is 467 g/mol. The van der Waals surface area contributed by atoms with Crippen molar-refractivity contribution in [3.63, 3.8) is 0 Å². The second-order valence-corrected chi connectivity index (χ2v) is 8.27. The van der Waals surface area contributed by atoms with Crippen molar-refractivity contribution in [1.29, 1.82) is 0 Å². The number of pyridine rings is 1. The van der Waals surface area contributed by atoms with Gasteiger partial charge >= 0.3 is 5.97 Å². The van der Waals surface area contributed by atoms with Crippen molar-refractivity contribution in [2.24, 2.45) is 0 Å². The Bertz CT molecular complexity index is 1170. The number of ether oxygens (including phenoxy) is 3. The number of carbonyl (C=O) groups is 2. The Labute approximate surface area is 198 Å². The average Bonchev–Trinajstić information content (AvgIpc) is 3.15. The monoisotopic (exact) mass is 466 g/mol. The fourth-order valence-corrected chi connectivity index (χ4v) is 4.24. The lowest BCUT2D eigenvalue weighted by molar-refractivity contribution is -0.114. The summed E-state index contributed by atoms with van der Waals surface area (Å²) in [7, 11) is 2.96. The van der Waals surface area contributed by atoms with E-state index in [1.165, 1.54) is 14.0 Å². The number of fused-ring (bicyclic) bond motifs is 1. The predicted molar refractivity (Wildman–Crippen MR) is 130 cm³/mol. The summed E-state index contributed by atoms with van der Waals surface area (Å²) in [6, 6.07) is 9.99. The zero-order chi connectivity index (χ0) is 24.1. The number of amides is 1. The van der Waals surface area contributed by atoms with Crippen LogP contribution in [-0.4, -0.2) is 54.9 Å². The van der Waals surface area contributed by atoms with E-state index in [9.17, 15) is 9.59 Å². The maximum atomic E-state index is 12.8. The third-order valence-corrected chi connectivity index (χ3v) is 5.95. The number of aryl methyl sites for hydroxylation is 2. The van der Waals surface area contributed by atoms with Gasteiger partial charge in [-0.2, -0.15) is 0 Å². The van der Waals surface area contributed by atoms with Crippen LogP contribution >= 0.6 is 0 Å². The number of rotatable bonds is 8. The highest BCUT2D eigenvalue weighted by atomic mass is 16.5. The lowest BCUT2D eigenvalue weighted by atomic mass is 10.1. The van der Waals surface area contributed by atoms with E-state index in [1.54, 1.807) is 13.3 Å². The summed E-state index contributed by atoms with van der Waals surface area (Å²) in [6.07, 6.45) is 4.24. The first kappa shape index (κ1) is 23.6. The van der Waals surface area contributed by atoms with Gasteiger partial charge in [0.25, 0.3) is 0 Å². The van der Waals surface area contributed by atoms with Gasteiger partial charge in [0, 0.05) is 38.1 Å². The van der Waals surface area contributed by atoms with E-state index >= 15 is 0 Å². The minimum atomic E-state index is -0.532. The lowest BCUT2D eigenvalue weighted by Crippen LogP contribution is -2.27. The topological polar surface area (TPSA) is 104 Å². The van der Waals surface area contributed by atoms with Gasteiger partial charge in [0.2, 0.25) is 5.91 Å². The summed E-state index contributed by atoms with van der Waals surface area (Å²) in [5.41, 5.74) is 3.20. The molecule has 0 radical (unpaired) electrons. The molecule has 9 heteroatoms. The molecule has 0 unspecified atom stereocenters. The van der Waals surface area contributed by atoms with Crippen molar-refractivity contribution in [3.05, 3.63) is 47.8 Å². The van der Waals surface area contributed by atoms with Crippen LogP contribution in [0.15, 0.2) is 36.5 Å². The van der Waals surface area contributed by atoms with Crippen LogP contribution in [-0.2, 0) is 27.2 Å². The molecule has 1 fully saturated rings. The van der Waals surface area contributed by atoms with E-state index in [2.05, 4.69) is 15.6 Å². The van der Waals surface area contributed by atoms with E-state index in [-0.39, 0.29) is 17.6 Å². The largest absolute Gasteiger partial charge is 0.497 e. The molecule has 0 atom stereocenters. The van der Waals surface area contributed by atoms with Crippen LogP contribution in [0, 0.1) is 0 Å². The van der Waals surface area contributed by atoms with E-state index in [4.69, 9.17) is 14.2 Å². The number of anilines is 2. The predicted octanol–water partition coefficient (Wildman–Crippen LogP) is 3.62. The molecule has 1 saturated heterocycles. The fraction of sp³-hybridized carbons (Fsp3) is 0.400. The standard InChI is InChI=1S/C25H30N4O5/c1-16(30)27-22-21-14-19(28-18-9-12-34-13-10-18)15-26-24(21)29(23(22)25(31)33-3)11-8-17-4-6-20(32-2)7-5-17/h4-7,14-15,18,28H,8-13H2,1-3H3,(H,27,30). The van der Waals surface area contributed by atoms with Gasteiger partial charge in [0.15, 0.2) is 5.69 Å². The van der Waals surface area contributed by atoms with Gasteiger partial charge in [-0.1, -0.05) is 12.1 Å². The summed E-state index contributed by atoms with van der Waals surface area (Å²) in [5, 5.41) is 7.02. The second-order valence-electron chi connectivity index (χ2n) is 8.27. The van der Waals surface area contributed by atoms with Crippen molar-refractivity contribution in [1.82, 2.24) is 9.55 Å². The van der Waals surface area contributed by atoms with Gasteiger partial charge in [-0.25, -0.2) is 9.78 Å². The Morgan fingerprint density at radius 3 is 2.56 bits per heavy atom. The molecule has 0 bridgehead atoms. The molecule has 0 saturated carbocycles. The Kier molecular flexibility index (Phi) is 7.32. The van der Waals surface area contributed by atoms with Crippen LogP contribution in [0.2, 0.25) is 0 Å². The Morgan fingerprint density at radius 1 is 1.18 bits per heavy atom. The van der Waals surface area contributed by atoms with Crippen LogP contribution in [0.3, 0.4) is 0 Å². The number of esters is 1. The van der Waals surface area contributed by atoms with Crippen LogP contribution in [0.1, 0.15) is 35.8 Å². The van der Waals surface area contributed by atoms with E-state index in [0.29, 0.717) is 29.7 Å². The van der Waals surface area contributed by atoms with Crippen molar-refractivity contribution in [3.8, 4) is 5.75 Å². The summed E-state index contributed by atoms with van der Waals surface area (Å²) in [5.74, 6) is -0.0258. The molecule has 34 heavy (non-hydrogen) atoms.